The molecule has 1 saturated carbocycles. The number of nitrogens with zero attached hydrogens (tertiary/aromatic N) is 4. The molecule has 0 atom stereocenters. The molecule has 1 aromatic rings. The van der Waals surface area contributed by atoms with Gasteiger partial charge in [-0.05, 0) is 12.8 Å². The second kappa shape index (κ2) is 6.17. The molecule has 2 amide bonds. The number of rotatable bonds is 7. The van der Waals surface area contributed by atoms with Crippen LogP contribution in [-0.4, -0.2) is 56.1 Å². The number of carboxylic acids is 1. The molecule has 104 valence electrons. The number of aromatic nitrogens is 3. The molecule has 1 fully saturated rings. The van der Waals surface area contributed by atoms with Gasteiger partial charge in [0.25, 0.3) is 0 Å². The van der Waals surface area contributed by atoms with Gasteiger partial charge in [0, 0.05) is 25.3 Å². The molecule has 8 nitrogen and oxygen atoms in total. The number of nitrogens with one attached hydrogen (secondary N) is 1. The van der Waals surface area contributed by atoms with Gasteiger partial charge >= 0.3 is 12.0 Å². The van der Waals surface area contributed by atoms with E-state index in [4.69, 9.17) is 5.11 Å². The fraction of sp³-hybridized carbons (Fsp3) is 0.636. The summed E-state index contributed by atoms with van der Waals surface area (Å²) in [4.78, 5) is 24.1. The zero-order valence-corrected chi connectivity index (χ0v) is 10.5. The molecular weight excluding hydrogens is 250 g/mol. The molecule has 1 heterocycles. The molecule has 1 aliphatic rings. The highest BCUT2D eigenvalue weighted by Crippen LogP contribution is 2.26. The first-order valence-electron chi connectivity index (χ1n) is 6.27. The molecular formula is C11H17N5O3. The maximum Gasteiger partial charge on any atom is 0.317 e. The first-order valence-corrected chi connectivity index (χ1v) is 6.27. The molecule has 1 aromatic heterocycles. The Hall–Kier alpha value is -2.12. The van der Waals surface area contributed by atoms with Gasteiger partial charge < -0.3 is 15.3 Å². The summed E-state index contributed by atoms with van der Waals surface area (Å²) in [5, 5.41) is 18.9. The average Bonchev–Trinajstić information content (AvgIpc) is 3.06. The lowest BCUT2D eigenvalue weighted by molar-refractivity contribution is -0.137. The number of aliphatic carboxylic acids is 1. The molecule has 1 aliphatic carbocycles. The van der Waals surface area contributed by atoms with Gasteiger partial charge in [-0.15, -0.1) is 5.10 Å². The third-order valence-electron chi connectivity index (χ3n) is 2.90. The van der Waals surface area contributed by atoms with Crippen LogP contribution >= 0.6 is 0 Å². The van der Waals surface area contributed by atoms with Crippen molar-refractivity contribution in [3.8, 4) is 0 Å². The summed E-state index contributed by atoms with van der Waals surface area (Å²) in [7, 11) is 0. The highest BCUT2D eigenvalue weighted by Gasteiger charge is 2.32. The van der Waals surface area contributed by atoms with Crippen LogP contribution in [0.4, 0.5) is 4.79 Å². The number of hydrogen-bond donors (Lipinski definition) is 2. The topological polar surface area (TPSA) is 100 Å². The monoisotopic (exact) mass is 267 g/mol. The minimum absolute atomic E-state index is 0.0208. The van der Waals surface area contributed by atoms with E-state index in [0.29, 0.717) is 13.1 Å². The van der Waals surface area contributed by atoms with Crippen LogP contribution in [0.1, 0.15) is 19.3 Å². The van der Waals surface area contributed by atoms with Crippen LogP contribution < -0.4 is 5.32 Å². The highest BCUT2D eigenvalue weighted by atomic mass is 16.4. The van der Waals surface area contributed by atoms with Crippen molar-refractivity contribution in [2.24, 2.45) is 0 Å². The first kappa shape index (κ1) is 13.3. The summed E-state index contributed by atoms with van der Waals surface area (Å²) in [5.41, 5.74) is 0. The number of carbonyl (C=O) groups excluding carboxylic acids is 1. The average molecular weight is 267 g/mol. The van der Waals surface area contributed by atoms with Crippen LogP contribution in [-0.2, 0) is 11.3 Å². The highest BCUT2D eigenvalue weighted by molar-refractivity contribution is 5.76. The Kier molecular flexibility index (Phi) is 4.32. The normalized spacial score (nSPS) is 14.1. The van der Waals surface area contributed by atoms with Crippen molar-refractivity contribution in [1.29, 1.82) is 0 Å². The fourth-order valence-corrected chi connectivity index (χ4v) is 1.78. The predicted molar refractivity (Wildman–Crippen MR) is 65.4 cm³/mol. The molecule has 0 aliphatic heterocycles. The van der Waals surface area contributed by atoms with Crippen molar-refractivity contribution in [1.82, 2.24) is 25.2 Å². The van der Waals surface area contributed by atoms with Crippen LogP contribution in [0.25, 0.3) is 0 Å². The minimum atomic E-state index is -0.888. The van der Waals surface area contributed by atoms with Crippen molar-refractivity contribution >= 4 is 12.0 Å². The van der Waals surface area contributed by atoms with E-state index in [2.05, 4.69) is 15.6 Å². The molecule has 0 unspecified atom stereocenters. The van der Waals surface area contributed by atoms with Crippen molar-refractivity contribution in [3.05, 3.63) is 12.4 Å². The number of amides is 2. The number of hydrogen-bond acceptors (Lipinski definition) is 4. The zero-order chi connectivity index (χ0) is 13.7. The van der Waals surface area contributed by atoms with Crippen LogP contribution in [0.15, 0.2) is 12.4 Å². The molecule has 2 rings (SSSR count). The molecule has 0 bridgehead atoms. The minimum Gasteiger partial charge on any atom is -0.481 e. The SMILES string of the molecule is O=C(O)CCN(C(=O)NCCn1ccnn1)C1CC1. The van der Waals surface area contributed by atoms with Gasteiger partial charge in [-0.2, -0.15) is 0 Å². The second-order valence-corrected chi connectivity index (χ2v) is 4.47. The van der Waals surface area contributed by atoms with Gasteiger partial charge in [0.2, 0.25) is 0 Å². The van der Waals surface area contributed by atoms with Crippen LogP contribution in [0.5, 0.6) is 0 Å². The summed E-state index contributed by atoms with van der Waals surface area (Å²) < 4.78 is 1.62. The Morgan fingerprint density at radius 3 is 2.84 bits per heavy atom. The standard InChI is InChI=1S/C11H17N5O3/c17-10(18)3-6-16(9-1-2-9)11(19)12-4-7-15-8-5-13-14-15/h5,8-9H,1-4,6-7H2,(H,12,19)(H,17,18). The van der Waals surface area contributed by atoms with Gasteiger partial charge in [-0.3, -0.25) is 9.48 Å². The number of carbonyl (C=O) groups is 2. The fourth-order valence-electron chi connectivity index (χ4n) is 1.78. The predicted octanol–water partition coefficient (Wildman–Crippen LogP) is -0.0732. The summed E-state index contributed by atoms with van der Waals surface area (Å²) in [5.74, 6) is -0.888. The lowest BCUT2D eigenvalue weighted by atomic mass is 10.4. The van der Waals surface area contributed by atoms with Gasteiger partial charge in [0.1, 0.15) is 0 Å². The van der Waals surface area contributed by atoms with Crippen LogP contribution in [0, 0.1) is 0 Å². The Bertz CT molecular complexity index is 430. The summed E-state index contributed by atoms with van der Waals surface area (Å²) in [6, 6.07) is -0.00501. The van der Waals surface area contributed by atoms with Crippen molar-refractivity contribution < 1.29 is 14.7 Å². The molecule has 0 aromatic carbocycles. The third-order valence-corrected chi connectivity index (χ3v) is 2.90. The zero-order valence-electron chi connectivity index (χ0n) is 10.5. The van der Waals surface area contributed by atoms with E-state index in [0.717, 1.165) is 12.8 Å². The van der Waals surface area contributed by atoms with E-state index in [-0.39, 0.29) is 25.0 Å². The quantitative estimate of drug-likeness (QED) is 0.720. The van der Waals surface area contributed by atoms with E-state index in [9.17, 15) is 9.59 Å². The van der Waals surface area contributed by atoms with Crippen molar-refractivity contribution in [2.45, 2.75) is 31.8 Å². The van der Waals surface area contributed by atoms with Crippen LogP contribution in [0.3, 0.4) is 0 Å². The number of carboxylic acid groups (broad SMARTS) is 1. The summed E-state index contributed by atoms with van der Waals surface area (Å²) in [6.45, 7) is 1.25. The molecule has 0 saturated heterocycles. The lowest BCUT2D eigenvalue weighted by Crippen LogP contribution is -2.43. The van der Waals surface area contributed by atoms with Crippen LogP contribution in [0.2, 0.25) is 0 Å². The molecule has 2 N–H and O–H groups in total. The summed E-state index contributed by atoms with van der Waals surface area (Å²) >= 11 is 0. The van der Waals surface area contributed by atoms with Crippen molar-refractivity contribution in [3.63, 3.8) is 0 Å². The van der Waals surface area contributed by atoms with E-state index in [1.165, 1.54) is 0 Å². The molecule has 19 heavy (non-hydrogen) atoms. The summed E-state index contributed by atoms with van der Waals surface area (Å²) in [6.07, 6.45) is 5.18. The van der Waals surface area contributed by atoms with Gasteiger partial charge in [-0.1, -0.05) is 5.21 Å². The van der Waals surface area contributed by atoms with Crippen molar-refractivity contribution in [2.75, 3.05) is 13.1 Å². The Labute approximate surface area is 110 Å². The largest absolute Gasteiger partial charge is 0.481 e. The maximum atomic E-state index is 11.9. The second-order valence-electron chi connectivity index (χ2n) is 4.47. The van der Waals surface area contributed by atoms with Gasteiger partial charge in [-0.25, -0.2) is 4.79 Å². The Balaban J connectivity index is 1.74. The first-order chi connectivity index (χ1) is 9.16. The van der Waals surface area contributed by atoms with E-state index in [1.807, 2.05) is 0 Å². The Morgan fingerprint density at radius 1 is 1.47 bits per heavy atom. The lowest BCUT2D eigenvalue weighted by Gasteiger charge is -2.22. The van der Waals surface area contributed by atoms with E-state index < -0.39 is 5.97 Å². The smallest absolute Gasteiger partial charge is 0.317 e. The van der Waals surface area contributed by atoms with E-state index >= 15 is 0 Å². The van der Waals surface area contributed by atoms with E-state index in [1.54, 1.807) is 22.0 Å². The molecule has 0 spiro atoms. The Morgan fingerprint density at radius 2 is 2.26 bits per heavy atom. The van der Waals surface area contributed by atoms with Gasteiger partial charge in [0.05, 0.1) is 19.2 Å². The molecule has 8 heteroatoms. The number of urea groups is 1. The maximum absolute atomic E-state index is 11.9. The van der Waals surface area contributed by atoms with Gasteiger partial charge in [0.15, 0.2) is 0 Å². The molecule has 0 radical (unpaired) electrons. The third kappa shape index (κ3) is 4.23.